The van der Waals surface area contributed by atoms with Gasteiger partial charge in [0.1, 0.15) is 11.8 Å². The monoisotopic (exact) mass is 247 g/mol. The van der Waals surface area contributed by atoms with E-state index < -0.39 is 0 Å². The van der Waals surface area contributed by atoms with Crippen LogP contribution in [0.1, 0.15) is 31.4 Å². The number of hydrogen-bond acceptors (Lipinski definition) is 5. The molecule has 0 bridgehead atoms. The van der Waals surface area contributed by atoms with Crippen LogP contribution < -0.4 is 5.32 Å². The second-order valence-electron chi connectivity index (χ2n) is 3.86. The lowest BCUT2D eigenvalue weighted by atomic mass is 10.2. The number of aromatic nitrogens is 1. The minimum absolute atomic E-state index is 0.153. The highest BCUT2D eigenvalue weighted by molar-refractivity contribution is 5.68. The topological polar surface area (TPSA) is 75.0 Å². The Hall–Kier alpha value is -2.09. The summed E-state index contributed by atoms with van der Waals surface area (Å²) in [7, 11) is 1.40. The number of ether oxygens (including phenoxy) is 1. The third-order valence-corrected chi connectivity index (χ3v) is 2.49. The first-order valence-electron chi connectivity index (χ1n) is 5.93. The molecule has 0 aromatic carbocycles. The lowest BCUT2D eigenvalue weighted by Gasteiger charge is -2.05. The maximum absolute atomic E-state index is 10.9. The van der Waals surface area contributed by atoms with Gasteiger partial charge in [-0.25, -0.2) is 4.98 Å². The zero-order chi connectivity index (χ0) is 13.2. The Morgan fingerprint density at radius 3 is 2.89 bits per heavy atom. The van der Waals surface area contributed by atoms with Crippen molar-refractivity contribution >= 4 is 11.7 Å². The molecule has 0 atom stereocenters. The van der Waals surface area contributed by atoms with E-state index in [2.05, 4.69) is 15.0 Å². The molecule has 0 aliphatic carbocycles. The zero-order valence-corrected chi connectivity index (χ0v) is 10.5. The zero-order valence-electron chi connectivity index (χ0n) is 10.5. The molecule has 0 amide bonds. The molecule has 0 fully saturated rings. The van der Waals surface area contributed by atoms with Crippen molar-refractivity contribution in [2.75, 3.05) is 19.0 Å². The smallest absolute Gasteiger partial charge is 0.305 e. The van der Waals surface area contributed by atoms with E-state index in [0.717, 1.165) is 31.5 Å². The van der Waals surface area contributed by atoms with Crippen molar-refractivity contribution in [3.63, 3.8) is 0 Å². The number of rotatable bonds is 7. The maximum atomic E-state index is 10.9. The molecular weight excluding hydrogens is 230 g/mol. The second kappa shape index (κ2) is 8.07. The summed E-state index contributed by atoms with van der Waals surface area (Å²) in [6.07, 6.45) is 4.94. The van der Waals surface area contributed by atoms with Crippen molar-refractivity contribution in [2.45, 2.75) is 25.7 Å². The molecule has 0 saturated heterocycles. The molecule has 0 spiro atoms. The fourth-order valence-electron chi connectivity index (χ4n) is 1.47. The van der Waals surface area contributed by atoms with E-state index in [-0.39, 0.29) is 5.97 Å². The second-order valence-corrected chi connectivity index (χ2v) is 3.86. The SMILES string of the molecule is COC(=O)CCCCCNc1ccc(C#N)nc1. The highest BCUT2D eigenvalue weighted by Gasteiger charge is 1.99. The van der Waals surface area contributed by atoms with Gasteiger partial charge >= 0.3 is 5.97 Å². The van der Waals surface area contributed by atoms with E-state index in [1.54, 1.807) is 12.3 Å². The van der Waals surface area contributed by atoms with Gasteiger partial charge in [-0.3, -0.25) is 4.79 Å². The number of nitrogens with one attached hydrogen (secondary N) is 1. The molecular formula is C13H17N3O2. The van der Waals surface area contributed by atoms with E-state index in [1.807, 2.05) is 12.1 Å². The molecule has 5 nitrogen and oxygen atoms in total. The number of unbranched alkanes of at least 4 members (excludes halogenated alkanes) is 2. The van der Waals surface area contributed by atoms with Gasteiger partial charge in [0, 0.05) is 13.0 Å². The molecule has 1 rings (SSSR count). The van der Waals surface area contributed by atoms with E-state index in [9.17, 15) is 4.79 Å². The van der Waals surface area contributed by atoms with Crippen molar-refractivity contribution in [3.05, 3.63) is 24.0 Å². The van der Waals surface area contributed by atoms with Crippen LogP contribution in [0, 0.1) is 11.3 Å². The summed E-state index contributed by atoms with van der Waals surface area (Å²) >= 11 is 0. The molecule has 1 aromatic heterocycles. The normalized spacial score (nSPS) is 9.56. The Balaban J connectivity index is 2.10. The van der Waals surface area contributed by atoms with Crippen molar-refractivity contribution in [2.24, 2.45) is 0 Å². The first-order valence-corrected chi connectivity index (χ1v) is 5.93. The van der Waals surface area contributed by atoms with E-state index in [0.29, 0.717) is 12.1 Å². The summed E-state index contributed by atoms with van der Waals surface area (Å²) < 4.78 is 4.56. The summed E-state index contributed by atoms with van der Waals surface area (Å²) in [4.78, 5) is 14.8. The number of nitrogens with zero attached hydrogens (tertiary/aromatic N) is 2. The van der Waals surface area contributed by atoms with Gasteiger partial charge in [0.25, 0.3) is 0 Å². The van der Waals surface area contributed by atoms with Crippen LogP contribution in [0.25, 0.3) is 0 Å². The molecule has 0 aliphatic rings. The summed E-state index contributed by atoms with van der Waals surface area (Å²) in [6.45, 7) is 0.828. The highest BCUT2D eigenvalue weighted by Crippen LogP contribution is 2.07. The van der Waals surface area contributed by atoms with Crippen molar-refractivity contribution in [3.8, 4) is 6.07 Å². The standard InChI is InChI=1S/C13H17N3O2/c1-18-13(17)5-3-2-4-8-15-12-7-6-11(9-14)16-10-12/h6-7,10,15H,2-5,8H2,1H3. The van der Waals surface area contributed by atoms with Gasteiger partial charge < -0.3 is 10.1 Å². The molecule has 0 unspecified atom stereocenters. The molecule has 1 aromatic rings. The van der Waals surface area contributed by atoms with Crippen LogP contribution in [0.3, 0.4) is 0 Å². The predicted octanol–water partition coefficient (Wildman–Crippen LogP) is 2.10. The molecule has 0 aliphatic heterocycles. The molecule has 1 N–H and O–H groups in total. The Bertz CT molecular complexity index is 409. The Morgan fingerprint density at radius 2 is 2.28 bits per heavy atom. The summed E-state index contributed by atoms with van der Waals surface area (Å²) in [5.74, 6) is -0.153. The quantitative estimate of drug-likeness (QED) is 0.590. The lowest BCUT2D eigenvalue weighted by molar-refractivity contribution is -0.140. The average molecular weight is 247 g/mol. The van der Waals surface area contributed by atoms with Gasteiger partial charge in [-0.15, -0.1) is 0 Å². The van der Waals surface area contributed by atoms with E-state index in [1.165, 1.54) is 7.11 Å². The molecule has 18 heavy (non-hydrogen) atoms. The van der Waals surface area contributed by atoms with Crippen LogP contribution in [-0.2, 0) is 9.53 Å². The van der Waals surface area contributed by atoms with Gasteiger partial charge in [0.15, 0.2) is 0 Å². The first kappa shape index (κ1) is 14.0. The van der Waals surface area contributed by atoms with E-state index >= 15 is 0 Å². The number of nitriles is 1. The maximum Gasteiger partial charge on any atom is 0.305 e. The Morgan fingerprint density at radius 1 is 1.44 bits per heavy atom. The van der Waals surface area contributed by atoms with Crippen LogP contribution in [0.2, 0.25) is 0 Å². The van der Waals surface area contributed by atoms with Crippen LogP contribution in [0.5, 0.6) is 0 Å². The predicted molar refractivity (Wildman–Crippen MR) is 67.9 cm³/mol. The molecule has 5 heteroatoms. The third kappa shape index (κ3) is 5.30. The minimum Gasteiger partial charge on any atom is -0.469 e. The van der Waals surface area contributed by atoms with Gasteiger partial charge in [-0.05, 0) is 25.0 Å². The fourth-order valence-corrected chi connectivity index (χ4v) is 1.47. The molecule has 96 valence electrons. The van der Waals surface area contributed by atoms with Crippen LogP contribution >= 0.6 is 0 Å². The Labute approximate surface area is 107 Å². The molecule has 1 heterocycles. The summed E-state index contributed by atoms with van der Waals surface area (Å²) in [5, 5.41) is 11.8. The first-order chi connectivity index (χ1) is 8.76. The fraction of sp³-hybridized carbons (Fsp3) is 0.462. The van der Waals surface area contributed by atoms with Crippen LogP contribution in [0.4, 0.5) is 5.69 Å². The van der Waals surface area contributed by atoms with Crippen LogP contribution in [-0.4, -0.2) is 24.6 Å². The van der Waals surface area contributed by atoms with E-state index in [4.69, 9.17) is 5.26 Å². The number of pyridine rings is 1. The van der Waals surface area contributed by atoms with Gasteiger partial charge in [0.2, 0.25) is 0 Å². The summed E-state index contributed by atoms with van der Waals surface area (Å²) in [5.41, 5.74) is 1.32. The number of carbonyl (C=O) groups is 1. The number of anilines is 1. The number of carbonyl (C=O) groups excluding carboxylic acids is 1. The third-order valence-electron chi connectivity index (χ3n) is 2.49. The van der Waals surface area contributed by atoms with Crippen molar-refractivity contribution in [1.29, 1.82) is 5.26 Å². The van der Waals surface area contributed by atoms with Crippen molar-refractivity contribution in [1.82, 2.24) is 4.98 Å². The highest BCUT2D eigenvalue weighted by atomic mass is 16.5. The van der Waals surface area contributed by atoms with Gasteiger partial charge in [-0.1, -0.05) is 6.42 Å². The minimum atomic E-state index is -0.153. The van der Waals surface area contributed by atoms with Crippen LogP contribution in [0.15, 0.2) is 18.3 Å². The molecule has 0 radical (unpaired) electrons. The largest absolute Gasteiger partial charge is 0.469 e. The number of methoxy groups -OCH3 is 1. The number of hydrogen-bond donors (Lipinski definition) is 1. The molecule has 0 saturated carbocycles. The van der Waals surface area contributed by atoms with Crippen molar-refractivity contribution < 1.29 is 9.53 Å². The Kier molecular flexibility index (Phi) is 6.26. The average Bonchev–Trinajstić information content (AvgIpc) is 2.43. The lowest BCUT2D eigenvalue weighted by Crippen LogP contribution is -2.03. The van der Waals surface area contributed by atoms with Gasteiger partial charge in [-0.2, -0.15) is 5.26 Å². The van der Waals surface area contributed by atoms with Gasteiger partial charge in [0.05, 0.1) is 19.0 Å². The number of esters is 1. The summed E-state index contributed by atoms with van der Waals surface area (Å²) in [6, 6.07) is 5.49.